The first-order valence-corrected chi connectivity index (χ1v) is 8.93. The molecule has 0 unspecified atom stereocenters. The topological polar surface area (TPSA) is 43.2 Å². The van der Waals surface area contributed by atoms with Crippen molar-refractivity contribution in [1.82, 2.24) is 14.8 Å². The zero-order chi connectivity index (χ0) is 17.8. The van der Waals surface area contributed by atoms with E-state index in [1.165, 1.54) is 22.3 Å². The average Bonchev–Trinajstić information content (AvgIpc) is 2.61. The number of aromatic nitrogens is 1. The second kappa shape index (κ2) is 7.77. The van der Waals surface area contributed by atoms with Crippen LogP contribution in [0.3, 0.4) is 0 Å². The first-order valence-electron chi connectivity index (χ1n) is 8.93. The SMILES string of the molecule is CC(C)N(C)Cc1cncc2c1CCN(Cc1cccc(C#N)c1)C2. The van der Waals surface area contributed by atoms with Gasteiger partial charge in [-0.05, 0) is 61.7 Å². The zero-order valence-corrected chi connectivity index (χ0v) is 15.4. The summed E-state index contributed by atoms with van der Waals surface area (Å²) in [4.78, 5) is 9.28. The molecule has 3 rings (SSSR count). The lowest BCUT2D eigenvalue weighted by Gasteiger charge is -2.31. The fourth-order valence-corrected chi connectivity index (χ4v) is 3.35. The van der Waals surface area contributed by atoms with Crippen molar-refractivity contribution in [3.63, 3.8) is 0 Å². The summed E-state index contributed by atoms with van der Waals surface area (Å²) in [6.45, 7) is 8.26. The second-order valence-electron chi connectivity index (χ2n) is 7.22. The average molecular weight is 334 g/mol. The van der Waals surface area contributed by atoms with E-state index in [2.05, 4.69) is 47.8 Å². The summed E-state index contributed by atoms with van der Waals surface area (Å²) in [5, 5.41) is 9.06. The van der Waals surface area contributed by atoms with Crippen molar-refractivity contribution in [3.05, 3.63) is 64.5 Å². The summed E-state index contributed by atoms with van der Waals surface area (Å²) < 4.78 is 0. The van der Waals surface area contributed by atoms with E-state index in [1.807, 2.05) is 30.6 Å². The van der Waals surface area contributed by atoms with Gasteiger partial charge >= 0.3 is 0 Å². The lowest BCUT2D eigenvalue weighted by Crippen LogP contribution is -2.32. The van der Waals surface area contributed by atoms with E-state index >= 15 is 0 Å². The molecule has 1 aromatic carbocycles. The molecule has 2 aromatic rings. The first-order chi connectivity index (χ1) is 12.1. The van der Waals surface area contributed by atoms with Crippen molar-refractivity contribution in [3.8, 4) is 6.07 Å². The maximum absolute atomic E-state index is 9.06. The van der Waals surface area contributed by atoms with E-state index in [-0.39, 0.29) is 0 Å². The summed E-state index contributed by atoms with van der Waals surface area (Å²) in [6, 6.07) is 10.7. The molecule has 4 heteroatoms. The Hall–Kier alpha value is -2.22. The van der Waals surface area contributed by atoms with Crippen molar-refractivity contribution in [2.24, 2.45) is 0 Å². The Morgan fingerprint density at radius 2 is 2.16 bits per heavy atom. The van der Waals surface area contributed by atoms with Gasteiger partial charge in [0.05, 0.1) is 11.6 Å². The van der Waals surface area contributed by atoms with E-state index in [0.717, 1.165) is 38.2 Å². The molecule has 0 saturated carbocycles. The fraction of sp³-hybridized carbons (Fsp3) is 0.429. The van der Waals surface area contributed by atoms with Crippen LogP contribution in [0.5, 0.6) is 0 Å². The molecule has 0 N–H and O–H groups in total. The molecule has 0 spiro atoms. The quantitative estimate of drug-likeness (QED) is 0.841. The zero-order valence-electron chi connectivity index (χ0n) is 15.4. The number of nitriles is 1. The third kappa shape index (κ3) is 4.25. The molecule has 0 aliphatic carbocycles. The van der Waals surface area contributed by atoms with E-state index in [0.29, 0.717) is 6.04 Å². The summed E-state index contributed by atoms with van der Waals surface area (Å²) in [6.07, 6.45) is 5.12. The van der Waals surface area contributed by atoms with E-state index in [4.69, 9.17) is 5.26 Å². The van der Waals surface area contributed by atoms with E-state index < -0.39 is 0 Å². The summed E-state index contributed by atoms with van der Waals surface area (Å²) in [5.74, 6) is 0. The van der Waals surface area contributed by atoms with Crippen LogP contribution < -0.4 is 0 Å². The van der Waals surface area contributed by atoms with Crippen LogP contribution in [0.4, 0.5) is 0 Å². The highest BCUT2D eigenvalue weighted by Gasteiger charge is 2.20. The van der Waals surface area contributed by atoms with E-state index in [1.54, 1.807) is 0 Å². The molecular formula is C21H26N4. The van der Waals surface area contributed by atoms with Gasteiger partial charge in [0.15, 0.2) is 0 Å². The normalized spacial score (nSPS) is 14.6. The number of hydrogen-bond donors (Lipinski definition) is 0. The van der Waals surface area contributed by atoms with Crippen LogP contribution in [0.1, 0.15) is 41.7 Å². The minimum absolute atomic E-state index is 0.531. The minimum Gasteiger partial charge on any atom is -0.300 e. The molecule has 0 saturated heterocycles. The van der Waals surface area contributed by atoms with Gasteiger partial charge < -0.3 is 0 Å². The molecule has 0 fully saturated rings. The second-order valence-corrected chi connectivity index (χ2v) is 7.22. The molecular weight excluding hydrogens is 308 g/mol. The fourth-order valence-electron chi connectivity index (χ4n) is 3.35. The number of benzene rings is 1. The Labute approximate surface area is 150 Å². The van der Waals surface area contributed by atoms with Gasteiger partial charge in [-0.3, -0.25) is 14.8 Å². The predicted molar refractivity (Wildman–Crippen MR) is 99.8 cm³/mol. The molecule has 25 heavy (non-hydrogen) atoms. The molecule has 0 amide bonds. The van der Waals surface area contributed by atoms with Gasteiger partial charge in [0.1, 0.15) is 0 Å². The monoisotopic (exact) mass is 334 g/mol. The molecule has 1 aliphatic rings. The standard InChI is InChI=1S/C21H26N4/c1-16(2)24(3)14-19-11-23-12-20-15-25(8-7-21(19)20)13-18-6-4-5-17(9-18)10-22/h4-6,9,11-12,16H,7-8,13-15H2,1-3H3. The van der Waals surface area contributed by atoms with Crippen LogP contribution in [0.2, 0.25) is 0 Å². The van der Waals surface area contributed by atoms with Crippen LogP contribution in [0, 0.1) is 11.3 Å². The minimum atomic E-state index is 0.531. The number of nitrogens with zero attached hydrogens (tertiary/aromatic N) is 4. The highest BCUT2D eigenvalue weighted by molar-refractivity contribution is 5.35. The Morgan fingerprint density at radius 1 is 1.32 bits per heavy atom. The molecule has 0 radical (unpaired) electrons. The van der Waals surface area contributed by atoms with Crippen molar-refractivity contribution in [2.45, 2.75) is 45.9 Å². The molecule has 1 aromatic heterocycles. The highest BCUT2D eigenvalue weighted by atomic mass is 15.1. The smallest absolute Gasteiger partial charge is 0.0991 e. The van der Waals surface area contributed by atoms with Gasteiger partial charge in [-0.25, -0.2) is 0 Å². The Kier molecular flexibility index (Phi) is 5.47. The van der Waals surface area contributed by atoms with Crippen LogP contribution in [-0.2, 0) is 26.1 Å². The Balaban J connectivity index is 1.72. The number of hydrogen-bond acceptors (Lipinski definition) is 4. The molecule has 130 valence electrons. The molecule has 0 bridgehead atoms. The first kappa shape index (κ1) is 17.6. The van der Waals surface area contributed by atoms with Gasteiger partial charge in [0, 0.05) is 44.6 Å². The predicted octanol–water partition coefficient (Wildman–Crippen LogP) is 3.35. The highest BCUT2D eigenvalue weighted by Crippen LogP contribution is 2.24. The van der Waals surface area contributed by atoms with Gasteiger partial charge in [0.25, 0.3) is 0 Å². The van der Waals surface area contributed by atoms with Crippen molar-refractivity contribution < 1.29 is 0 Å². The maximum atomic E-state index is 9.06. The van der Waals surface area contributed by atoms with Gasteiger partial charge in [0.2, 0.25) is 0 Å². The molecule has 2 heterocycles. The third-order valence-electron chi connectivity index (χ3n) is 5.07. The largest absolute Gasteiger partial charge is 0.300 e. The van der Waals surface area contributed by atoms with E-state index in [9.17, 15) is 0 Å². The van der Waals surface area contributed by atoms with Crippen LogP contribution >= 0.6 is 0 Å². The number of rotatable bonds is 5. The molecule has 0 atom stereocenters. The Bertz CT molecular complexity index is 776. The number of pyridine rings is 1. The summed E-state index contributed by atoms with van der Waals surface area (Å²) >= 11 is 0. The number of fused-ring (bicyclic) bond motifs is 1. The summed E-state index contributed by atoms with van der Waals surface area (Å²) in [7, 11) is 2.17. The van der Waals surface area contributed by atoms with Crippen LogP contribution in [0.15, 0.2) is 36.7 Å². The van der Waals surface area contributed by atoms with Crippen LogP contribution in [-0.4, -0.2) is 34.4 Å². The lowest BCUT2D eigenvalue weighted by molar-refractivity contribution is 0.239. The van der Waals surface area contributed by atoms with Gasteiger partial charge in [-0.15, -0.1) is 0 Å². The van der Waals surface area contributed by atoms with Crippen LogP contribution in [0.25, 0.3) is 0 Å². The van der Waals surface area contributed by atoms with Crippen molar-refractivity contribution >= 4 is 0 Å². The Morgan fingerprint density at radius 3 is 2.92 bits per heavy atom. The lowest BCUT2D eigenvalue weighted by atomic mass is 9.96. The van der Waals surface area contributed by atoms with Crippen molar-refractivity contribution in [1.29, 1.82) is 5.26 Å². The summed E-state index contributed by atoms with van der Waals surface area (Å²) in [5.41, 5.74) is 6.11. The van der Waals surface area contributed by atoms with Gasteiger partial charge in [-0.2, -0.15) is 5.26 Å². The molecule has 4 nitrogen and oxygen atoms in total. The third-order valence-corrected chi connectivity index (χ3v) is 5.07. The van der Waals surface area contributed by atoms with Gasteiger partial charge in [-0.1, -0.05) is 12.1 Å². The molecule has 1 aliphatic heterocycles. The van der Waals surface area contributed by atoms with Crippen molar-refractivity contribution in [2.75, 3.05) is 13.6 Å². The maximum Gasteiger partial charge on any atom is 0.0991 e.